The molecular weight excluding hydrogens is 277 g/mol. The molecule has 0 aromatic carbocycles. The van der Waals surface area contributed by atoms with Gasteiger partial charge in [0.2, 0.25) is 5.91 Å². The first-order valence-corrected chi connectivity index (χ1v) is 6.36. The Morgan fingerprint density at radius 2 is 2.38 bits per heavy atom. The number of hydrogen-bond acceptors (Lipinski definition) is 1. The van der Waals surface area contributed by atoms with Crippen molar-refractivity contribution in [2.24, 2.45) is 0 Å². The fraction of sp³-hybridized carbons (Fsp3) is 0.900. The molecule has 0 aliphatic carbocycles. The van der Waals surface area contributed by atoms with Gasteiger partial charge in [-0.25, -0.2) is 0 Å². The molecule has 1 aliphatic heterocycles. The Balaban J connectivity index is 2.52. The van der Waals surface area contributed by atoms with Gasteiger partial charge in [0, 0.05) is 12.6 Å². The number of amides is 1. The first-order valence-electron chi connectivity index (χ1n) is 5.11. The molecule has 1 aliphatic rings. The third-order valence-corrected chi connectivity index (χ3v) is 3.16. The summed E-state index contributed by atoms with van der Waals surface area (Å²) in [7, 11) is 0. The second kappa shape index (κ2) is 5.17. The molecule has 2 atom stereocenters. The molecule has 0 aromatic rings. The molecule has 1 saturated heterocycles. The van der Waals surface area contributed by atoms with Crippen molar-refractivity contribution in [2.45, 2.75) is 49.5 Å². The highest BCUT2D eigenvalue weighted by molar-refractivity contribution is 14.1. The van der Waals surface area contributed by atoms with Crippen molar-refractivity contribution in [3.63, 3.8) is 0 Å². The van der Waals surface area contributed by atoms with Gasteiger partial charge in [-0.15, -0.1) is 0 Å². The van der Waals surface area contributed by atoms with Crippen LogP contribution in [0.3, 0.4) is 0 Å². The summed E-state index contributed by atoms with van der Waals surface area (Å²) in [5.41, 5.74) is 0. The first kappa shape index (κ1) is 11.3. The predicted octanol–water partition coefficient (Wildman–Crippen LogP) is 2.60. The van der Waals surface area contributed by atoms with Crippen molar-refractivity contribution in [1.29, 1.82) is 0 Å². The van der Waals surface area contributed by atoms with Gasteiger partial charge < -0.3 is 4.90 Å². The van der Waals surface area contributed by atoms with Crippen LogP contribution in [0.2, 0.25) is 0 Å². The van der Waals surface area contributed by atoms with Crippen molar-refractivity contribution < 1.29 is 4.79 Å². The normalized spacial score (nSPS) is 24.8. The monoisotopic (exact) mass is 295 g/mol. The van der Waals surface area contributed by atoms with Gasteiger partial charge in [0.05, 0.1) is 3.92 Å². The van der Waals surface area contributed by atoms with Gasteiger partial charge >= 0.3 is 0 Å². The van der Waals surface area contributed by atoms with Crippen molar-refractivity contribution in [2.75, 3.05) is 6.54 Å². The molecule has 13 heavy (non-hydrogen) atoms. The van der Waals surface area contributed by atoms with Crippen LogP contribution in [0, 0.1) is 0 Å². The van der Waals surface area contributed by atoms with E-state index in [2.05, 4.69) is 34.4 Å². The van der Waals surface area contributed by atoms with Crippen LogP contribution in [0.25, 0.3) is 0 Å². The molecule has 0 saturated carbocycles. The van der Waals surface area contributed by atoms with Crippen LogP contribution in [-0.4, -0.2) is 27.3 Å². The lowest BCUT2D eigenvalue weighted by atomic mass is 10.1. The van der Waals surface area contributed by atoms with E-state index in [1.54, 1.807) is 0 Å². The molecule has 2 nitrogen and oxygen atoms in total. The van der Waals surface area contributed by atoms with E-state index in [0.717, 1.165) is 6.54 Å². The largest absolute Gasteiger partial charge is 0.339 e. The van der Waals surface area contributed by atoms with Gasteiger partial charge in [-0.3, -0.25) is 4.79 Å². The standard InChI is InChI=1S/C10H18INO/c1-3-5-9-6-4-7-12(9)10(13)8(2)11/h8-9H,3-7H2,1-2H3. The lowest BCUT2D eigenvalue weighted by molar-refractivity contribution is -0.130. The fourth-order valence-corrected chi connectivity index (χ4v) is 2.35. The second-order valence-electron chi connectivity index (χ2n) is 3.73. The molecule has 1 fully saturated rings. The number of rotatable bonds is 3. The van der Waals surface area contributed by atoms with Crippen molar-refractivity contribution >= 4 is 28.5 Å². The summed E-state index contributed by atoms with van der Waals surface area (Å²) in [6.45, 7) is 5.15. The summed E-state index contributed by atoms with van der Waals surface area (Å²) in [4.78, 5) is 13.8. The summed E-state index contributed by atoms with van der Waals surface area (Å²) in [6.07, 6.45) is 4.77. The third-order valence-electron chi connectivity index (χ3n) is 2.62. The highest BCUT2D eigenvalue weighted by Gasteiger charge is 2.29. The Bertz CT molecular complexity index is 182. The van der Waals surface area contributed by atoms with Gasteiger partial charge in [0.1, 0.15) is 0 Å². The number of nitrogens with zero attached hydrogens (tertiary/aromatic N) is 1. The van der Waals surface area contributed by atoms with Crippen LogP contribution >= 0.6 is 22.6 Å². The smallest absolute Gasteiger partial charge is 0.235 e. The van der Waals surface area contributed by atoms with Crippen LogP contribution in [0.15, 0.2) is 0 Å². The maximum Gasteiger partial charge on any atom is 0.235 e. The predicted molar refractivity (Wildman–Crippen MR) is 63.1 cm³/mol. The van der Waals surface area contributed by atoms with Crippen LogP contribution in [0.1, 0.15) is 39.5 Å². The maximum atomic E-state index is 11.7. The molecule has 3 heteroatoms. The molecule has 2 unspecified atom stereocenters. The molecule has 0 N–H and O–H groups in total. The summed E-state index contributed by atoms with van der Waals surface area (Å²) in [5, 5.41) is 0. The summed E-state index contributed by atoms with van der Waals surface area (Å²) in [6, 6.07) is 0.537. The van der Waals surface area contributed by atoms with Crippen LogP contribution in [0.5, 0.6) is 0 Å². The van der Waals surface area contributed by atoms with Crippen molar-refractivity contribution in [3.8, 4) is 0 Å². The number of carbonyl (C=O) groups excluding carboxylic acids is 1. The lowest BCUT2D eigenvalue weighted by Crippen LogP contribution is -2.39. The minimum atomic E-state index is 0.134. The van der Waals surface area contributed by atoms with Crippen LogP contribution in [-0.2, 0) is 4.79 Å². The molecule has 0 radical (unpaired) electrons. The Labute approximate surface area is 94.2 Å². The molecule has 0 bridgehead atoms. The average Bonchev–Trinajstić information content (AvgIpc) is 2.52. The third kappa shape index (κ3) is 2.82. The summed E-state index contributed by atoms with van der Waals surface area (Å²) in [5.74, 6) is 0.330. The average molecular weight is 295 g/mol. The second-order valence-corrected chi connectivity index (χ2v) is 5.60. The SMILES string of the molecule is CCCC1CCCN1C(=O)C(C)I. The molecule has 0 aromatic heterocycles. The molecule has 76 valence electrons. The number of halogens is 1. The molecule has 1 heterocycles. The van der Waals surface area contributed by atoms with E-state index in [-0.39, 0.29) is 3.92 Å². The van der Waals surface area contributed by atoms with Crippen LogP contribution < -0.4 is 0 Å². The minimum Gasteiger partial charge on any atom is -0.339 e. The highest BCUT2D eigenvalue weighted by Crippen LogP contribution is 2.23. The van der Waals surface area contributed by atoms with E-state index in [1.807, 2.05) is 6.92 Å². The Kier molecular flexibility index (Phi) is 4.49. The number of likely N-dealkylation sites (tertiary alicyclic amines) is 1. The number of carbonyl (C=O) groups is 1. The van der Waals surface area contributed by atoms with E-state index in [0.29, 0.717) is 11.9 Å². The molecule has 0 spiro atoms. The topological polar surface area (TPSA) is 20.3 Å². The quantitative estimate of drug-likeness (QED) is 0.579. The summed E-state index contributed by atoms with van der Waals surface area (Å²) < 4.78 is 0.134. The zero-order valence-electron chi connectivity index (χ0n) is 8.42. The maximum absolute atomic E-state index is 11.7. The first-order chi connectivity index (χ1) is 6.16. The van der Waals surface area contributed by atoms with Gasteiger partial charge in [0.25, 0.3) is 0 Å². The van der Waals surface area contributed by atoms with E-state index >= 15 is 0 Å². The van der Waals surface area contributed by atoms with Gasteiger partial charge in [-0.1, -0.05) is 35.9 Å². The van der Waals surface area contributed by atoms with Crippen LogP contribution in [0.4, 0.5) is 0 Å². The molecular formula is C10H18INO. The molecule has 1 rings (SSSR count). The van der Waals surface area contributed by atoms with Crippen molar-refractivity contribution in [1.82, 2.24) is 4.90 Å². The number of alkyl halides is 1. The Hall–Kier alpha value is 0.200. The lowest BCUT2D eigenvalue weighted by Gasteiger charge is -2.25. The van der Waals surface area contributed by atoms with E-state index in [4.69, 9.17) is 0 Å². The van der Waals surface area contributed by atoms with Crippen molar-refractivity contribution in [3.05, 3.63) is 0 Å². The van der Waals surface area contributed by atoms with Gasteiger partial charge in [-0.2, -0.15) is 0 Å². The van der Waals surface area contributed by atoms with Gasteiger partial charge in [-0.05, 0) is 26.2 Å². The highest BCUT2D eigenvalue weighted by atomic mass is 127. The van der Waals surface area contributed by atoms with E-state index in [9.17, 15) is 4.79 Å². The minimum absolute atomic E-state index is 0.134. The zero-order chi connectivity index (χ0) is 9.84. The Morgan fingerprint density at radius 3 is 2.92 bits per heavy atom. The Morgan fingerprint density at radius 1 is 1.69 bits per heavy atom. The van der Waals surface area contributed by atoms with Gasteiger partial charge in [0.15, 0.2) is 0 Å². The van der Waals surface area contributed by atoms with E-state index < -0.39 is 0 Å². The molecule has 1 amide bonds. The number of hydrogen-bond donors (Lipinski definition) is 0. The van der Waals surface area contributed by atoms with E-state index in [1.165, 1.54) is 25.7 Å². The zero-order valence-corrected chi connectivity index (χ0v) is 10.6. The fourth-order valence-electron chi connectivity index (χ4n) is 1.99. The summed E-state index contributed by atoms with van der Waals surface area (Å²) >= 11 is 2.21.